The number of halogens is 2. The molecule has 0 saturated carbocycles. The van der Waals surface area contributed by atoms with Gasteiger partial charge in [0, 0.05) is 5.56 Å². The van der Waals surface area contributed by atoms with E-state index in [0.29, 0.717) is 18.4 Å². The summed E-state index contributed by atoms with van der Waals surface area (Å²) in [6, 6.07) is 10.4. The topological polar surface area (TPSA) is 0 Å². The molecule has 22 heavy (non-hydrogen) atoms. The lowest BCUT2D eigenvalue weighted by atomic mass is 9.87. The van der Waals surface area contributed by atoms with Gasteiger partial charge in [-0.05, 0) is 66.1 Å². The van der Waals surface area contributed by atoms with Crippen molar-refractivity contribution < 1.29 is 8.78 Å². The molecule has 0 amide bonds. The zero-order valence-electron chi connectivity index (χ0n) is 12.8. The van der Waals surface area contributed by atoms with Gasteiger partial charge in [0.25, 0.3) is 0 Å². The van der Waals surface area contributed by atoms with Crippen molar-refractivity contribution in [2.75, 3.05) is 0 Å². The van der Waals surface area contributed by atoms with Crippen molar-refractivity contribution in [1.29, 1.82) is 0 Å². The summed E-state index contributed by atoms with van der Waals surface area (Å²) in [7, 11) is 0. The van der Waals surface area contributed by atoms with E-state index in [1.807, 2.05) is 24.3 Å². The SMILES string of the molecule is CCCCc1ccc(C2=CCc3cc(F)ccc3C2)c(F)c1. The van der Waals surface area contributed by atoms with Crippen LogP contribution in [0.3, 0.4) is 0 Å². The number of fused-ring (bicyclic) bond motifs is 1. The first-order chi connectivity index (χ1) is 10.7. The quantitative estimate of drug-likeness (QED) is 0.700. The number of benzene rings is 2. The highest BCUT2D eigenvalue weighted by molar-refractivity contribution is 5.71. The third kappa shape index (κ3) is 3.11. The molecular formula is C20H20F2. The van der Waals surface area contributed by atoms with E-state index in [4.69, 9.17) is 0 Å². The molecule has 1 aliphatic carbocycles. The molecule has 0 N–H and O–H groups in total. The van der Waals surface area contributed by atoms with Gasteiger partial charge >= 0.3 is 0 Å². The van der Waals surface area contributed by atoms with Crippen LogP contribution in [0.1, 0.15) is 42.0 Å². The maximum absolute atomic E-state index is 14.4. The van der Waals surface area contributed by atoms with Crippen LogP contribution in [0.2, 0.25) is 0 Å². The number of rotatable bonds is 4. The molecule has 0 spiro atoms. The third-order valence-corrected chi connectivity index (χ3v) is 4.32. The molecule has 2 aromatic rings. The van der Waals surface area contributed by atoms with Gasteiger partial charge < -0.3 is 0 Å². The molecule has 0 atom stereocenters. The van der Waals surface area contributed by atoms with Crippen LogP contribution in [0.4, 0.5) is 8.78 Å². The van der Waals surface area contributed by atoms with Crippen LogP contribution in [-0.2, 0) is 19.3 Å². The first kappa shape index (κ1) is 15.0. The number of unbranched alkanes of at least 4 members (excludes halogenated alkanes) is 1. The van der Waals surface area contributed by atoms with Crippen molar-refractivity contribution >= 4 is 5.57 Å². The molecule has 2 heteroatoms. The van der Waals surface area contributed by atoms with E-state index in [9.17, 15) is 8.78 Å². The van der Waals surface area contributed by atoms with E-state index >= 15 is 0 Å². The predicted molar refractivity (Wildman–Crippen MR) is 86.8 cm³/mol. The van der Waals surface area contributed by atoms with Gasteiger partial charge in [-0.3, -0.25) is 0 Å². The Morgan fingerprint density at radius 3 is 2.64 bits per heavy atom. The molecule has 0 aromatic heterocycles. The van der Waals surface area contributed by atoms with Gasteiger partial charge in [0.05, 0.1) is 0 Å². The highest BCUT2D eigenvalue weighted by atomic mass is 19.1. The number of aryl methyl sites for hydroxylation is 1. The fourth-order valence-corrected chi connectivity index (χ4v) is 3.03. The average molecular weight is 298 g/mol. The van der Waals surface area contributed by atoms with Gasteiger partial charge in [-0.2, -0.15) is 0 Å². The van der Waals surface area contributed by atoms with Crippen molar-refractivity contribution in [2.45, 2.75) is 39.0 Å². The van der Waals surface area contributed by atoms with Crippen LogP contribution in [0, 0.1) is 11.6 Å². The van der Waals surface area contributed by atoms with Crippen molar-refractivity contribution in [3.8, 4) is 0 Å². The molecule has 3 rings (SSSR count). The lowest BCUT2D eigenvalue weighted by Gasteiger charge is -2.18. The maximum Gasteiger partial charge on any atom is 0.130 e. The van der Waals surface area contributed by atoms with Crippen LogP contribution in [0.5, 0.6) is 0 Å². The van der Waals surface area contributed by atoms with E-state index in [0.717, 1.165) is 41.5 Å². The Morgan fingerprint density at radius 1 is 1.00 bits per heavy atom. The Morgan fingerprint density at radius 2 is 1.86 bits per heavy atom. The molecule has 1 aliphatic rings. The van der Waals surface area contributed by atoms with Gasteiger partial charge in [0.1, 0.15) is 11.6 Å². The van der Waals surface area contributed by atoms with Gasteiger partial charge in [0.2, 0.25) is 0 Å². The number of hydrogen-bond donors (Lipinski definition) is 0. The second-order valence-electron chi connectivity index (χ2n) is 5.94. The summed E-state index contributed by atoms with van der Waals surface area (Å²) in [6.45, 7) is 2.14. The Labute approximate surface area is 130 Å². The molecule has 0 unspecified atom stereocenters. The molecule has 0 aliphatic heterocycles. The monoisotopic (exact) mass is 298 g/mol. The van der Waals surface area contributed by atoms with Gasteiger partial charge in [0.15, 0.2) is 0 Å². The zero-order chi connectivity index (χ0) is 15.5. The Kier molecular flexibility index (Phi) is 4.37. The molecule has 0 fully saturated rings. The minimum atomic E-state index is -0.206. The van der Waals surface area contributed by atoms with E-state index in [-0.39, 0.29) is 11.6 Å². The Bertz CT molecular complexity index is 714. The summed E-state index contributed by atoms with van der Waals surface area (Å²) in [5.41, 5.74) is 4.83. The van der Waals surface area contributed by atoms with Gasteiger partial charge in [-0.25, -0.2) is 8.78 Å². The smallest absolute Gasteiger partial charge is 0.130 e. The summed E-state index contributed by atoms with van der Waals surface area (Å²) < 4.78 is 27.6. The Balaban J connectivity index is 1.83. The molecule has 2 aromatic carbocycles. The first-order valence-electron chi connectivity index (χ1n) is 7.92. The van der Waals surface area contributed by atoms with Crippen molar-refractivity contribution in [1.82, 2.24) is 0 Å². The average Bonchev–Trinajstić information content (AvgIpc) is 2.52. The number of hydrogen-bond acceptors (Lipinski definition) is 0. The molecule has 0 nitrogen and oxygen atoms in total. The summed E-state index contributed by atoms with van der Waals surface area (Å²) in [4.78, 5) is 0. The van der Waals surface area contributed by atoms with Crippen LogP contribution in [-0.4, -0.2) is 0 Å². The second-order valence-corrected chi connectivity index (χ2v) is 5.94. The van der Waals surface area contributed by atoms with Gasteiger partial charge in [-0.1, -0.05) is 37.6 Å². The van der Waals surface area contributed by atoms with Crippen LogP contribution < -0.4 is 0 Å². The third-order valence-electron chi connectivity index (χ3n) is 4.32. The van der Waals surface area contributed by atoms with Crippen LogP contribution >= 0.6 is 0 Å². The van der Waals surface area contributed by atoms with Gasteiger partial charge in [-0.15, -0.1) is 0 Å². The highest BCUT2D eigenvalue weighted by Crippen LogP contribution is 2.30. The minimum Gasteiger partial charge on any atom is -0.207 e. The van der Waals surface area contributed by atoms with Crippen molar-refractivity contribution in [3.63, 3.8) is 0 Å². The fraction of sp³-hybridized carbons (Fsp3) is 0.300. The van der Waals surface area contributed by atoms with E-state index in [2.05, 4.69) is 6.92 Å². The maximum atomic E-state index is 14.4. The minimum absolute atomic E-state index is 0.148. The van der Waals surface area contributed by atoms with Crippen LogP contribution in [0.15, 0.2) is 42.5 Å². The largest absolute Gasteiger partial charge is 0.207 e. The predicted octanol–water partition coefficient (Wildman–Crippen LogP) is 5.49. The first-order valence-corrected chi connectivity index (χ1v) is 7.92. The summed E-state index contributed by atoms with van der Waals surface area (Å²) >= 11 is 0. The lowest BCUT2D eigenvalue weighted by Crippen LogP contribution is -2.05. The summed E-state index contributed by atoms with van der Waals surface area (Å²) in [5, 5.41) is 0. The zero-order valence-corrected chi connectivity index (χ0v) is 12.8. The Hall–Kier alpha value is -1.96. The molecular weight excluding hydrogens is 278 g/mol. The molecule has 0 saturated heterocycles. The van der Waals surface area contributed by atoms with E-state index < -0.39 is 0 Å². The van der Waals surface area contributed by atoms with E-state index in [1.165, 1.54) is 6.07 Å². The molecule has 0 radical (unpaired) electrons. The summed E-state index contributed by atoms with van der Waals surface area (Å²) in [6.07, 6.45) is 6.48. The van der Waals surface area contributed by atoms with Crippen molar-refractivity contribution in [3.05, 3.63) is 76.4 Å². The second kappa shape index (κ2) is 6.43. The van der Waals surface area contributed by atoms with Crippen LogP contribution in [0.25, 0.3) is 5.57 Å². The van der Waals surface area contributed by atoms with E-state index in [1.54, 1.807) is 12.1 Å². The molecule has 114 valence electrons. The lowest BCUT2D eigenvalue weighted by molar-refractivity contribution is 0.618. The molecule has 0 heterocycles. The normalized spacial score (nSPS) is 13.7. The fourth-order valence-electron chi connectivity index (χ4n) is 3.03. The standard InChI is InChI=1S/C20H20F2/c1-2-3-4-14-5-10-19(20(22)11-14)17-7-6-16-13-18(21)9-8-15(16)12-17/h5,7-11,13H,2-4,6,12H2,1H3. The van der Waals surface area contributed by atoms with Crippen molar-refractivity contribution in [2.24, 2.45) is 0 Å². The summed E-state index contributed by atoms with van der Waals surface area (Å²) in [5.74, 6) is -0.354. The number of allylic oxidation sites excluding steroid dienone is 2. The molecule has 0 bridgehead atoms. The highest BCUT2D eigenvalue weighted by Gasteiger charge is 2.16.